The maximum absolute atomic E-state index is 4.64. The lowest BCUT2D eigenvalue weighted by molar-refractivity contribution is 0.618. The molecule has 1 aliphatic rings. The van der Waals surface area contributed by atoms with Crippen LogP contribution in [0.5, 0.6) is 0 Å². The van der Waals surface area contributed by atoms with E-state index in [2.05, 4.69) is 32.2 Å². The minimum atomic E-state index is 0.695. The molecule has 3 heterocycles. The third-order valence-corrected chi connectivity index (χ3v) is 3.15. The first-order chi connectivity index (χ1) is 8.88. The summed E-state index contributed by atoms with van der Waals surface area (Å²) in [6.45, 7) is 3.98. The largest absolute Gasteiger partial charge is 0.312 e. The Kier molecular flexibility index (Phi) is 2.98. The molecule has 0 aromatic carbocycles. The fourth-order valence-electron chi connectivity index (χ4n) is 2.23. The first-order valence-electron chi connectivity index (χ1n) is 6.24. The average Bonchev–Trinajstić information content (AvgIpc) is 2.47. The highest BCUT2D eigenvalue weighted by Gasteiger charge is 2.17. The Morgan fingerprint density at radius 3 is 3.00 bits per heavy atom. The molecule has 2 aromatic heterocycles. The molecular weight excluding hydrogens is 226 g/mol. The van der Waals surface area contributed by atoms with Crippen LogP contribution in [0.15, 0.2) is 18.6 Å². The zero-order valence-electron chi connectivity index (χ0n) is 10.3. The second-order valence-electron chi connectivity index (χ2n) is 4.29. The van der Waals surface area contributed by atoms with Gasteiger partial charge < -0.3 is 5.32 Å². The first kappa shape index (κ1) is 11.2. The molecule has 0 aliphatic carbocycles. The van der Waals surface area contributed by atoms with Crippen LogP contribution < -0.4 is 5.32 Å². The van der Waals surface area contributed by atoms with Gasteiger partial charge in [-0.25, -0.2) is 15.0 Å². The molecule has 0 saturated carbocycles. The van der Waals surface area contributed by atoms with Gasteiger partial charge in [-0.3, -0.25) is 4.98 Å². The van der Waals surface area contributed by atoms with Crippen molar-refractivity contribution in [3.8, 4) is 11.5 Å². The van der Waals surface area contributed by atoms with E-state index in [0.29, 0.717) is 5.82 Å². The van der Waals surface area contributed by atoms with Gasteiger partial charge in [0.25, 0.3) is 0 Å². The Balaban J connectivity index is 2.12. The number of nitrogens with one attached hydrogen (secondary N) is 1. The van der Waals surface area contributed by atoms with Gasteiger partial charge in [-0.2, -0.15) is 0 Å². The van der Waals surface area contributed by atoms with Gasteiger partial charge in [0.15, 0.2) is 5.82 Å². The van der Waals surface area contributed by atoms with E-state index in [1.165, 1.54) is 5.56 Å². The highest BCUT2D eigenvalue weighted by Crippen LogP contribution is 2.20. The molecule has 5 nitrogen and oxygen atoms in total. The minimum absolute atomic E-state index is 0.695. The summed E-state index contributed by atoms with van der Waals surface area (Å²) < 4.78 is 0. The minimum Gasteiger partial charge on any atom is -0.312 e. The molecular formula is C13H15N5. The van der Waals surface area contributed by atoms with E-state index in [1.807, 2.05) is 0 Å². The van der Waals surface area contributed by atoms with Gasteiger partial charge in [-0.15, -0.1) is 0 Å². The fourth-order valence-corrected chi connectivity index (χ4v) is 2.23. The van der Waals surface area contributed by atoms with E-state index < -0.39 is 0 Å². The first-order valence-corrected chi connectivity index (χ1v) is 6.24. The zero-order chi connectivity index (χ0) is 12.4. The molecule has 1 N–H and O–H groups in total. The summed E-state index contributed by atoms with van der Waals surface area (Å²) >= 11 is 0. The lowest BCUT2D eigenvalue weighted by Gasteiger charge is -2.19. The van der Waals surface area contributed by atoms with Gasteiger partial charge in [0.05, 0.1) is 11.9 Å². The standard InChI is InChI=1S/C13H15N5/c1-2-10-9-7-14-4-3-11(9)18-13(17-10)12-8-15-5-6-16-12/h5-6,8,14H,2-4,7H2,1H3. The highest BCUT2D eigenvalue weighted by molar-refractivity contribution is 5.49. The van der Waals surface area contributed by atoms with E-state index in [9.17, 15) is 0 Å². The Hall–Kier alpha value is -1.88. The predicted molar refractivity (Wildman–Crippen MR) is 67.8 cm³/mol. The zero-order valence-corrected chi connectivity index (χ0v) is 10.3. The SMILES string of the molecule is CCc1nc(-c2cnccn2)nc2c1CNCC2. The summed E-state index contributed by atoms with van der Waals surface area (Å²) in [7, 11) is 0. The molecule has 92 valence electrons. The average molecular weight is 241 g/mol. The summed E-state index contributed by atoms with van der Waals surface area (Å²) in [6.07, 6.45) is 6.91. The van der Waals surface area contributed by atoms with Crippen molar-refractivity contribution in [2.24, 2.45) is 0 Å². The van der Waals surface area contributed by atoms with E-state index in [1.54, 1.807) is 18.6 Å². The molecule has 0 saturated heterocycles. The van der Waals surface area contributed by atoms with Crippen molar-refractivity contribution in [1.29, 1.82) is 0 Å². The van der Waals surface area contributed by atoms with E-state index >= 15 is 0 Å². The quantitative estimate of drug-likeness (QED) is 0.854. The molecule has 0 bridgehead atoms. The van der Waals surface area contributed by atoms with Crippen LogP contribution in [0, 0.1) is 0 Å². The number of rotatable bonds is 2. The Morgan fingerprint density at radius 2 is 2.22 bits per heavy atom. The van der Waals surface area contributed by atoms with Gasteiger partial charge in [0, 0.05) is 43.2 Å². The Morgan fingerprint density at radius 1 is 1.28 bits per heavy atom. The Bertz CT molecular complexity index is 536. The number of nitrogens with zero attached hydrogens (tertiary/aromatic N) is 4. The van der Waals surface area contributed by atoms with Crippen molar-refractivity contribution in [3.63, 3.8) is 0 Å². The van der Waals surface area contributed by atoms with E-state index in [4.69, 9.17) is 0 Å². The molecule has 1 aliphatic heterocycles. The molecule has 2 aromatic rings. The number of aryl methyl sites for hydroxylation is 1. The smallest absolute Gasteiger partial charge is 0.180 e. The van der Waals surface area contributed by atoms with Crippen molar-refractivity contribution in [2.75, 3.05) is 6.54 Å². The van der Waals surface area contributed by atoms with E-state index in [0.717, 1.165) is 43.0 Å². The monoisotopic (exact) mass is 241 g/mol. The molecule has 18 heavy (non-hydrogen) atoms. The van der Waals surface area contributed by atoms with Gasteiger partial charge >= 0.3 is 0 Å². The molecule has 3 rings (SSSR count). The second kappa shape index (κ2) is 4.78. The summed E-state index contributed by atoms with van der Waals surface area (Å²) in [4.78, 5) is 17.6. The fraction of sp³-hybridized carbons (Fsp3) is 0.385. The van der Waals surface area contributed by atoms with E-state index in [-0.39, 0.29) is 0 Å². The molecule has 0 atom stereocenters. The van der Waals surface area contributed by atoms with Crippen LogP contribution in [0.3, 0.4) is 0 Å². The van der Waals surface area contributed by atoms with Crippen molar-refractivity contribution in [3.05, 3.63) is 35.5 Å². The second-order valence-corrected chi connectivity index (χ2v) is 4.29. The van der Waals surface area contributed by atoms with Crippen LogP contribution in [0.2, 0.25) is 0 Å². The van der Waals surface area contributed by atoms with Crippen molar-refractivity contribution in [1.82, 2.24) is 25.3 Å². The molecule has 0 spiro atoms. The van der Waals surface area contributed by atoms with Crippen molar-refractivity contribution in [2.45, 2.75) is 26.3 Å². The summed E-state index contributed by atoms with van der Waals surface area (Å²) in [5, 5.41) is 3.37. The maximum atomic E-state index is 4.64. The number of hydrogen-bond donors (Lipinski definition) is 1. The molecule has 0 amide bonds. The third kappa shape index (κ3) is 1.97. The van der Waals surface area contributed by atoms with Gasteiger partial charge in [-0.1, -0.05) is 6.92 Å². The van der Waals surface area contributed by atoms with Crippen LogP contribution >= 0.6 is 0 Å². The van der Waals surface area contributed by atoms with Crippen molar-refractivity contribution >= 4 is 0 Å². The van der Waals surface area contributed by atoms with Crippen LogP contribution in [0.1, 0.15) is 23.9 Å². The van der Waals surface area contributed by atoms with Crippen LogP contribution in [-0.2, 0) is 19.4 Å². The lowest BCUT2D eigenvalue weighted by atomic mass is 10.0. The topological polar surface area (TPSA) is 63.6 Å². The highest BCUT2D eigenvalue weighted by atomic mass is 15.0. The van der Waals surface area contributed by atoms with Gasteiger partial charge in [0.1, 0.15) is 5.69 Å². The number of aromatic nitrogens is 4. The summed E-state index contributed by atoms with van der Waals surface area (Å²) in [5.41, 5.74) is 4.28. The van der Waals surface area contributed by atoms with Gasteiger partial charge in [0.2, 0.25) is 0 Å². The molecule has 0 unspecified atom stereocenters. The third-order valence-electron chi connectivity index (χ3n) is 3.15. The van der Waals surface area contributed by atoms with Gasteiger partial charge in [-0.05, 0) is 6.42 Å². The number of fused-ring (bicyclic) bond motifs is 1. The van der Waals surface area contributed by atoms with Crippen LogP contribution in [0.4, 0.5) is 0 Å². The maximum Gasteiger partial charge on any atom is 0.180 e. The normalized spacial score (nSPS) is 14.3. The number of hydrogen-bond acceptors (Lipinski definition) is 5. The molecule has 5 heteroatoms. The summed E-state index contributed by atoms with van der Waals surface area (Å²) in [5.74, 6) is 0.695. The summed E-state index contributed by atoms with van der Waals surface area (Å²) in [6, 6.07) is 0. The Labute approximate surface area is 106 Å². The van der Waals surface area contributed by atoms with Crippen LogP contribution in [0.25, 0.3) is 11.5 Å². The predicted octanol–water partition coefficient (Wildman–Crippen LogP) is 1.14. The van der Waals surface area contributed by atoms with Crippen molar-refractivity contribution < 1.29 is 0 Å². The molecule has 0 fully saturated rings. The molecule has 0 radical (unpaired) electrons. The van der Waals surface area contributed by atoms with Crippen LogP contribution in [-0.4, -0.2) is 26.5 Å². The lowest BCUT2D eigenvalue weighted by Crippen LogP contribution is -2.26.